The van der Waals surface area contributed by atoms with Crippen LogP contribution in [-0.4, -0.2) is 88.3 Å². The fraction of sp³-hybridized carbons (Fsp3) is 0.561. The van der Waals surface area contributed by atoms with Crippen molar-refractivity contribution in [2.24, 2.45) is 11.3 Å². The number of methoxy groups -OCH3 is 1. The molecule has 5 atom stereocenters. The fourth-order valence-corrected chi connectivity index (χ4v) is 8.76. The lowest BCUT2D eigenvalue weighted by molar-refractivity contribution is -0.145. The number of aromatic nitrogens is 1. The summed E-state index contributed by atoms with van der Waals surface area (Å²) in [6.45, 7) is 11.9. The molecule has 53 heavy (non-hydrogen) atoms. The maximum Gasteiger partial charge on any atom is 0.408 e. The third-order valence-electron chi connectivity index (χ3n) is 10.5. The van der Waals surface area contributed by atoms with E-state index in [2.05, 4.69) is 26.9 Å². The number of hydrogen-bond acceptors (Lipinski definition) is 7. The highest BCUT2D eigenvalue weighted by Gasteiger charge is 2.60. The number of amides is 4. The van der Waals surface area contributed by atoms with Gasteiger partial charge in [-0.1, -0.05) is 61.8 Å². The summed E-state index contributed by atoms with van der Waals surface area (Å²) in [4.78, 5) is 62.2. The highest BCUT2D eigenvalue weighted by molar-refractivity contribution is 8.14. The van der Waals surface area contributed by atoms with E-state index in [1.54, 1.807) is 30.5 Å². The van der Waals surface area contributed by atoms with Crippen LogP contribution >= 0.6 is 10.7 Å². The molecule has 0 saturated heterocycles. The Labute approximate surface area is 317 Å². The standard InChI is InChI=1S/C41H57N5O6S/c1-7-31-27-41(31,38(49)45-53(8-2)33-17-18-33)44-36(47)34(22-26-51-6)46(25-21-28-13-15-29(16-14-28)30-19-23-42-24-20-30)37(48)35(40(3,4)5)43-39(50)52-32-11-9-10-12-32/h7-8,13-16,19-20,23-24,31-35H,1,9-12,17-18,21-22,25-27H2,2-6H3,(H,43,50)(H,44,47)(H,45,49)/t31?,34?,35-,41-,53?/m1/s1. The monoisotopic (exact) mass is 747 g/mol. The molecular formula is C41H57N5O6S. The highest BCUT2D eigenvalue weighted by atomic mass is 32.2. The molecule has 3 saturated carbocycles. The zero-order valence-corrected chi connectivity index (χ0v) is 32.7. The number of alkyl carbamates (subject to hydrolysis) is 1. The van der Waals surface area contributed by atoms with Crippen molar-refractivity contribution in [3.05, 3.63) is 67.0 Å². The number of hydrogen-bond donors (Lipinski definition) is 3. The topological polar surface area (TPSA) is 139 Å². The summed E-state index contributed by atoms with van der Waals surface area (Å²) >= 11 is 0. The lowest BCUT2D eigenvalue weighted by Crippen LogP contribution is -2.62. The van der Waals surface area contributed by atoms with Gasteiger partial charge in [0.25, 0.3) is 5.91 Å². The second-order valence-electron chi connectivity index (χ2n) is 15.5. The zero-order valence-electron chi connectivity index (χ0n) is 31.9. The van der Waals surface area contributed by atoms with Crippen LogP contribution in [0.3, 0.4) is 0 Å². The molecule has 0 radical (unpaired) electrons. The summed E-state index contributed by atoms with van der Waals surface area (Å²) in [6, 6.07) is 9.99. The molecule has 3 fully saturated rings. The van der Waals surface area contributed by atoms with Crippen molar-refractivity contribution in [2.75, 3.05) is 20.3 Å². The first kappa shape index (κ1) is 40.2. The van der Waals surface area contributed by atoms with Gasteiger partial charge in [0.1, 0.15) is 23.7 Å². The third kappa shape index (κ3) is 10.3. The normalized spacial score (nSPS) is 21.6. The number of nitrogens with one attached hydrogen (secondary N) is 3. The largest absolute Gasteiger partial charge is 0.446 e. The predicted molar refractivity (Wildman–Crippen MR) is 210 cm³/mol. The van der Waals surface area contributed by atoms with Crippen LogP contribution < -0.4 is 15.4 Å². The zero-order chi connectivity index (χ0) is 38.2. The Morgan fingerprint density at radius 1 is 1.04 bits per heavy atom. The molecule has 0 bridgehead atoms. The second-order valence-corrected chi connectivity index (χ2v) is 17.6. The van der Waals surface area contributed by atoms with E-state index in [-0.39, 0.29) is 48.2 Å². The number of benzene rings is 1. The number of nitrogens with zero attached hydrogens (tertiary/aromatic N) is 2. The highest BCUT2D eigenvalue weighted by Crippen LogP contribution is 2.46. The molecule has 4 amide bonds. The van der Waals surface area contributed by atoms with Gasteiger partial charge in [-0.2, -0.15) is 0 Å². The predicted octanol–water partition coefficient (Wildman–Crippen LogP) is 5.95. The van der Waals surface area contributed by atoms with E-state index in [1.165, 1.54) is 0 Å². The van der Waals surface area contributed by atoms with Gasteiger partial charge < -0.3 is 29.7 Å². The summed E-state index contributed by atoms with van der Waals surface area (Å²) in [7, 11) is 1.16. The first-order valence-electron chi connectivity index (χ1n) is 18.9. The number of carbonyl (C=O) groups excluding carboxylic acids is 4. The van der Waals surface area contributed by atoms with Crippen molar-refractivity contribution in [3.63, 3.8) is 0 Å². The Morgan fingerprint density at radius 3 is 2.26 bits per heavy atom. The summed E-state index contributed by atoms with van der Waals surface area (Å²) in [5.74, 6) is -1.33. The number of pyridine rings is 1. The molecule has 0 spiro atoms. The molecule has 288 valence electrons. The van der Waals surface area contributed by atoms with E-state index >= 15 is 0 Å². The van der Waals surface area contributed by atoms with E-state index in [9.17, 15) is 19.2 Å². The van der Waals surface area contributed by atoms with Crippen molar-refractivity contribution in [1.82, 2.24) is 25.2 Å². The summed E-state index contributed by atoms with van der Waals surface area (Å²) in [5, 5.41) is 8.43. The van der Waals surface area contributed by atoms with E-state index in [4.69, 9.17) is 9.47 Å². The Bertz CT molecular complexity index is 1630. The summed E-state index contributed by atoms with van der Waals surface area (Å²) in [5.41, 5.74) is 1.17. The second kappa shape index (κ2) is 17.9. The molecule has 1 heterocycles. The van der Waals surface area contributed by atoms with Crippen LogP contribution in [0.2, 0.25) is 0 Å². The third-order valence-corrected chi connectivity index (χ3v) is 12.6. The van der Waals surface area contributed by atoms with Crippen LogP contribution in [0.5, 0.6) is 0 Å². The quantitative estimate of drug-likeness (QED) is 0.134. The smallest absolute Gasteiger partial charge is 0.408 e. The molecule has 0 aliphatic heterocycles. The number of rotatable bonds is 17. The molecule has 3 aliphatic rings. The summed E-state index contributed by atoms with van der Waals surface area (Å²) in [6.07, 6.45) is 11.2. The Balaban J connectivity index is 1.43. The van der Waals surface area contributed by atoms with Gasteiger partial charge in [0.2, 0.25) is 11.8 Å². The van der Waals surface area contributed by atoms with Crippen LogP contribution in [0.1, 0.15) is 84.6 Å². The first-order valence-corrected chi connectivity index (χ1v) is 20.3. The van der Waals surface area contributed by atoms with Gasteiger partial charge in [0, 0.05) is 50.2 Å². The van der Waals surface area contributed by atoms with Gasteiger partial charge in [-0.3, -0.25) is 19.4 Å². The minimum atomic E-state index is -1.16. The van der Waals surface area contributed by atoms with Gasteiger partial charge in [-0.25, -0.2) is 4.79 Å². The van der Waals surface area contributed by atoms with Gasteiger partial charge in [-0.15, -0.1) is 6.58 Å². The lowest BCUT2D eigenvalue weighted by atomic mass is 9.85. The molecule has 11 nitrogen and oxygen atoms in total. The number of carbonyl (C=O) groups is 4. The maximum atomic E-state index is 14.9. The van der Waals surface area contributed by atoms with Gasteiger partial charge >= 0.3 is 6.09 Å². The van der Waals surface area contributed by atoms with Crippen molar-refractivity contribution < 1.29 is 28.7 Å². The summed E-state index contributed by atoms with van der Waals surface area (Å²) < 4.78 is 14.4. The van der Waals surface area contributed by atoms with Gasteiger partial charge in [-0.05, 0) is 97.9 Å². The van der Waals surface area contributed by atoms with Crippen molar-refractivity contribution in [3.8, 4) is 11.1 Å². The van der Waals surface area contributed by atoms with Crippen LogP contribution in [0.25, 0.3) is 11.1 Å². The van der Waals surface area contributed by atoms with Crippen LogP contribution in [0, 0.1) is 11.3 Å². The minimum Gasteiger partial charge on any atom is -0.446 e. The maximum absolute atomic E-state index is 14.9. The van der Waals surface area contributed by atoms with Gasteiger partial charge in [0.15, 0.2) is 0 Å². The Hall–Kier alpha value is -4.03. The molecule has 12 heteroatoms. The van der Waals surface area contributed by atoms with Crippen molar-refractivity contribution in [1.29, 1.82) is 0 Å². The lowest BCUT2D eigenvalue weighted by Gasteiger charge is -2.38. The Morgan fingerprint density at radius 2 is 1.70 bits per heavy atom. The van der Waals surface area contributed by atoms with Crippen LogP contribution in [0.4, 0.5) is 4.79 Å². The molecule has 3 unspecified atom stereocenters. The first-order chi connectivity index (χ1) is 25.4. The number of ether oxygens (including phenoxy) is 2. The minimum absolute atomic E-state index is 0.179. The van der Waals surface area contributed by atoms with Crippen LogP contribution in [-0.2, 0) is 30.3 Å². The van der Waals surface area contributed by atoms with Crippen molar-refractivity contribution in [2.45, 2.75) is 114 Å². The fourth-order valence-electron chi connectivity index (χ4n) is 7.05. The molecule has 1 aromatic carbocycles. The molecule has 5 rings (SSSR count). The van der Waals surface area contributed by atoms with E-state index < -0.39 is 40.9 Å². The average Bonchev–Trinajstić information content (AvgIpc) is 4.06. The SMILES string of the molecule is C=CC1C[C@]1(NC(=O)C(CCOC)N(CCc1ccc(-c2ccncc2)cc1)C(=O)[C@@H](NC(=O)OC1CCCC1)C(C)(C)C)C(=O)N/S(=C/C)C1CC1. The average molecular weight is 748 g/mol. The van der Waals surface area contributed by atoms with E-state index in [1.807, 2.05) is 69.5 Å². The Kier molecular flexibility index (Phi) is 13.5. The van der Waals surface area contributed by atoms with E-state index in [0.29, 0.717) is 18.1 Å². The van der Waals surface area contributed by atoms with Crippen molar-refractivity contribution >= 4 is 39.9 Å². The molecule has 3 aliphatic carbocycles. The molecular weight excluding hydrogens is 691 g/mol. The van der Waals surface area contributed by atoms with Gasteiger partial charge in [0.05, 0.1) is 0 Å². The van der Waals surface area contributed by atoms with Crippen LogP contribution in [0.15, 0.2) is 61.4 Å². The molecule has 2 aromatic rings. The van der Waals surface area contributed by atoms with E-state index in [0.717, 1.165) is 55.2 Å². The molecule has 1 aromatic heterocycles. The molecule has 3 N–H and O–H groups in total.